The molecule has 4 heterocycles. The minimum absolute atomic E-state index is 0.111. The average molecular weight is 866 g/mol. The number of carbonyl (C=O) groups is 1. The van der Waals surface area contributed by atoms with E-state index in [2.05, 4.69) is 73.0 Å². The molecule has 3 aliphatic heterocycles. The Morgan fingerprint density at radius 2 is 1.87 bits per heavy atom. The molecular weight excluding hydrogens is 821 g/mol. The molecule has 4 aromatic rings. The van der Waals surface area contributed by atoms with Crippen molar-refractivity contribution in [2.24, 2.45) is 0 Å². The summed E-state index contributed by atoms with van der Waals surface area (Å²) < 4.78 is 7.40. The monoisotopic (exact) mass is 865 g/mol. The van der Waals surface area contributed by atoms with Crippen molar-refractivity contribution in [1.29, 1.82) is 0 Å². The Labute approximate surface area is 335 Å². The van der Waals surface area contributed by atoms with Crippen LogP contribution in [0.1, 0.15) is 42.2 Å². The number of aromatic nitrogens is 2. The maximum atomic E-state index is 12.7. The van der Waals surface area contributed by atoms with E-state index in [9.17, 15) is 15.0 Å². The van der Waals surface area contributed by atoms with Gasteiger partial charge in [-0.15, -0.1) is 0 Å². The first kappa shape index (κ1) is 38.3. The third-order valence-electron chi connectivity index (χ3n) is 10.9. The number of amides is 1. The first-order valence-corrected chi connectivity index (χ1v) is 20.0. The summed E-state index contributed by atoms with van der Waals surface area (Å²) >= 11 is 8.95. The van der Waals surface area contributed by atoms with Crippen molar-refractivity contribution < 1.29 is 19.7 Å². The molecule has 3 aromatic carbocycles. The van der Waals surface area contributed by atoms with E-state index in [-0.39, 0.29) is 24.5 Å². The predicted octanol–water partition coefficient (Wildman–Crippen LogP) is 5.90. The summed E-state index contributed by atoms with van der Waals surface area (Å²) in [5, 5.41) is 24.6. The number of ether oxygens (including phenoxy) is 1. The van der Waals surface area contributed by atoms with E-state index in [4.69, 9.17) is 32.9 Å². The number of aliphatic hydroxyl groups excluding tert-OH is 2. The third kappa shape index (κ3) is 8.16. The summed E-state index contributed by atoms with van der Waals surface area (Å²) in [4.78, 5) is 35.0. The highest BCUT2D eigenvalue weighted by Gasteiger charge is 2.35. The highest BCUT2D eigenvalue weighted by Crippen LogP contribution is 2.37. The van der Waals surface area contributed by atoms with E-state index >= 15 is 0 Å². The number of rotatable bonds is 12. The van der Waals surface area contributed by atoms with Gasteiger partial charge in [-0.25, -0.2) is 6.57 Å². The van der Waals surface area contributed by atoms with Crippen LogP contribution in [0.25, 0.3) is 15.6 Å². The van der Waals surface area contributed by atoms with Gasteiger partial charge in [0.1, 0.15) is 24.6 Å². The second kappa shape index (κ2) is 17.2. The summed E-state index contributed by atoms with van der Waals surface area (Å²) in [6.07, 6.45) is 2.58. The number of aliphatic hydroxyl groups is 2. The molecule has 7 rings (SSSR count). The second-order valence-electron chi connectivity index (χ2n) is 14.2. The molecule has 2 saturated heterocycles. The number of halogens is 2. The molecule has 2 N–H and O–H groups in total. The van der Waals surface area contributed by atoms with E-state index in [1.54, 1.807) is 4.90 Å². The number of hydrogen-bond donors (Lipinski definition) is 2. The second-order valence-corrected chi connectivity index (χ2v) is 15.8. The molecule has 0 aliphatic carbocycles. The van der Waals surface area contributed by atoms with Crippen molar-refractivity contribution in [2.75, 3.05) is 62.2 Å². The molecule has 0 spiro atoms. The van der Waals surface area contributed by atoms with Crippen LogP contribution >= 0.6 is 34.2 Å². The Hall–Kier alpha value is -4.00. The van der Waals surface area contributed by atoms with E-state index in [0.717, 1.165) is 68.6 Å². The van der Waals surface area contributed by atoms with Gasteiger partial charge in [-0.2, -0.15) is 9.97 Å². The van der Waals surface area contributed by atoms with Gasteiger partial charge in [-0.3, -0.25) is 9.69 Å². The molecular formula is C41H45ClIN7O4. The standard InChI is InChI=1S/C41H45ClIN7O4/c1-3-37(52)50-22-21-49(24-29(50)23-44-2)40-31-16-19-48(35-15-7-10-27-9-6-13-32(42)38(27)35)25-34(31)45-41(46-40)54-26-28-11-8-18-47(28)20-17-36(51)39(53)30-12-4-5-14-33(30)43/h3-7,9-10,12-15,28-29,36,39,51,53H,1,8,11,16-26H2/t28-,29-,36?,39?/m0/s1/i43+4. The largest absolute Gasteiger partial charge is 0.462 e. The van der Waals surface area contributed by atoms with E-state index in [1.165, 1.54) is 6.08 Å². The van der Waals surface area contributed by atoms with Gasteiger partial charge in [-0.05, 0) is 90.0 Å². The Morgan fingerprint density at radius 3 is 2.67 bits per heavy atom. The van der Waals surface area contributed by atoms with Crippen molar-refractivity contribution in [2.45, 2.75) is 56.5 Å². The maximum absolute atomic E-state index is 12.7. The highest BCUT2D eigenvalue weighted by atomic mass is 131. The van der Waals surface area contributed by atoms with Crippen LogP contribution in [0.2, 0.25) is 5.02 Å². The van der Waals surface area contributed by atoms with Crippen molar-refractivity contribution in [1.82, 2.24) is 19.8 Å². The fourth-order valence-electron chi connectivity index (χ4n) is 8.10. The van der Waals surface area contributed by atoms with E-state index in [0.29, 0.717) is 63.2 Å². The van der Waals surface area contributed by atoms with Crippen molar-refractivity contribution in [3.63, 3.8) is 0 Å². The fraction of sp³-hybridized carbons (Fsp3) is 0.415. The van der Waals surface area contributed by atoms with Crippen molar-refractivity contribution >= 4 is 62.4 Å². The van der Waals surface area contributed by atoms with Gasteiger partial charge in [0.05, 0.1) is 23.4 Å². The lowest BCUT2D eigenvalue weighted by molar-refractivity contribution is -0.128. The summed E-state index contributed by atoms with van der Waals surface area (Å²) in [6, 6.07) is 19.9. The molecule has 282 valence electrons. The van der Waals surface area contributed by atoms with Crippen LogP contribution in [-0.2, 0) is 17.8 Å². The Kier molecular flexibility index (Phi) is 12.2. The van der Waals surface area contributed by atoms with Crippen LogP contribution in [0.5, 0.6) is 6.01 Å². The van der Waals surface area contributed by atoms with E-state index in [1.807, 2.05) is 36.4 Å². The average Bonchev–Trinajstić information content (AvgIpc) is 3.65. The zero-order valence-corrected chi connectivity index (χ0v) is 33.1. The molecule has 0 radical (unpaired) electrons. The Morgan fingerprint density at radius 1 is 1.06 bits per heavy atom. The van der Waals surface area contributed by atoms with Crippen LogP contribution < -0.4 is 14.5 Å². The third-order valence-corrected chi connectivity index (χ3v) is 12.2. The zero-order valence-electron chi connectivity index (χ0n) is 30.2. The smallest absolute Gasteiger partial charge is 0.318 e. The normalized spacial score (nSPS) is 20.0. The lowest BCUT2D eigenvalue weighted by Crippen LogP contribution is -2.56. The summed E-state index contributed by atoms with van der Waals surface area (Å²) in [7, 11) is 0. The highest BCUT2D eigenvalue weighted by molar-refractivity contribution is 14.1. The van der Waals surface area contributed by atoms with Gasteiger partial charge in [0.2, 0.25) is 12.5 Å². The van der Waals surface area contributed by atoms with Gasteiger partial charge in [0, 0.05) is 59.0 Å². The number of benzene rings is 3. The fourth-order valence-corrected chi connectivity index (χ4v) is 9.09. The lowest BCUT2D eigenvalue weighted by atomic mass is 10.0. The zero-order chi connectivity index (χ0) is 37.8. The predicted molar refractivity (Wildman–Crippen MR) is 220 cm³/mol. The molecule has 2 unspecified atom stereocenters. The van der Waals surface area contributed by atoms with Gasteiger partial charge in [0.25, 0.3) is 0 Å². The van der Waals surface area contributed by atoms with Crippen LogP contribution in [0.4, 0.5) is 11.5 Å². The Balaban J connectivity index is 1.12. The Bertz CT molecular complexity index is 2040. The van der Waals surface area contributed by atoms with Gasteiger partial charge >= 0.3 is 6.01 Å². The van der Waals surface area contributed by atoms with Crippen LogP contribution in [0.3, 0.4) is 0 Å². The molecule has 0 bridgehead atoms. The summed E-state index contributed by atoms with van der Waals surface area (Å²) in [5.41, 5.74) is 3.73. The van der Waals surface area contributed by atoms with Crippen LogP contribution in [0, 0.1) is 10.1 Å². The topological polar surface area (TPSA) is 110 Å². The summed E-state index contributed by atoms with van der Waals surface area (Å²) in [5.74, 6) is 0.626. The molecule has 4 atom stereocenters. The number of fused-ring (bicyclic) bond motifs is 2. The molecule has 1 amide bonds. The van der Waals surface area contributed by atoms with Gasteiger partial charge in [-0.1, -0.05) is 60.6 Å². The number of nitrogens with zero attached hydrogens (tertiary/aromatic N) is 7. The molecule has 54 heavy (non-hydrogen) atoms. The molecule has 0 saturated carbocycles. The number of carbonyl (C=O) groups excluding carboxylic acids is 1. The number of piperazine rings is 1. The number of likely N-dealkylation sites (tertiary alicyclic amines) is 1. The van der Waals surface area contributed by atoms with Gasteiger partial charge < -0.3 is 34.5 Å². The summed E-state index contributed by atoms with van der Waals surface area (Å²) in [6.45, 7) is 16.1. The lowest BCUT2D eigenvalue weighted by Gasteiger charge is -2.41. The molecule has 2 fully saturated rings. The minimum Gasteiger partial charge on any atom is -0.462 e. The van der Waals surface area contributed by atoms with Crippen LogP contribution in [-0.4, -0.2) is 106 Å². The first-order chi connectivity index (χ1) is 26.2. The molecule has 1 aromatic heterocycles. The first-order valence-electron chi connectivity index (χ1n) is 18.6. The number of anilines is 2. The molecule has 13 heteroatoms. The van der Waals surface area contributed by atoms with Crippen molar-refractivity contribution in [3.05, 3.63) is 110 Å². The minimum atomic E-state index is -0.951. The van der Waals surface area contributed by atoms with E-state index < -0.39 is 12.2 Å². The maximum Gasteiger partial charge on any atom is 0.318 e. The van der Waals surface area contributed by atoms with Crippen LogP contribution in [0.15, 0.2) is 73.3 Å². The van der Waals surface area contributed by atoms with Crippen molar-refractivity contribution in [3.8, 4) is 6.01 Å². The molecule has 3 aliphatic rings. The number of hydrogen-bond acceptors (Lipinski definition) is 9. The molecule has 11 nitrogen and oxygen atoms in total. The quantitative estimate of drug-likeness (QED) is 0.102. The van der Waals surface area contributed by atoms with Gasteiger partial charge in [0.15, 0.2) is 0 Å². The SMILES string of the molecule is [C-]#[N+]C[C@H]1CN(c2nc(OC[C@@H]3CCCN3CCC(O)C(O)c3ccccc3[131I])nc3c2CCN(c2cccc4cccc(Cl)c24)C3)CCN1C(=O)C=C.